The highest BCUT2D eigenvalue weighted by Gasteiger charge is 2.36. The predicted molar refractivity (Wildman–Crippen MR) is 88.3 cm³/mol. The molecule has 3 aliphatic rings. The number of ether oxygens (including phenoxy) is 1. The Hall–Kier alpha value is -1.13. The van der Waals surface area contributed by atoms with Crippen molar-refractivity contribution in [2.24, 2.45) is 5.92 Å². The van der Waals surface area contributed by atoms with E-state index in [1.54, 1.807) is 0 Å². The maximum absolute atomic E-state index is 5.92. The summed E-state index contributed by atoms with van der Waals surface area (Å²) in [7, 11) is 0. The van der Waals surface area contributed by atoms with Gasteiger partial charge in [-0.1, -0.05) is 6.92 Å². The van der Waals surface area contributed by atoms with Crippen molar-refractivity contribution in [2.45, 2.75) is 58.2 Å². The molecule has 1 saturated carbocycles. The van der Waals surface area contributed by atoms with Crippen LogP contribution < -0.4 is 10.2 Å². The zero-order valence-corrected chi connectivity index (χ0v) is 13.8. The summed E-state index contributed by atoms with van der Waals surface area (Å²) < 4.78 is 5.92. The molecule has 1 aliphatic carbocycles. The summed E-state index contributed by atoms with van der Waals surface area (Å²) in [4.78, 5) is 7.58. The summed E-state index contributed by atoms with van der Waals surface area (Å²) in [6.45, 7) is 8.30. The van der Waals surface area contributed by atoms with Crippen LogP contribution in [0.5, 0.6) is 0 Å². The van der Waals surface area contributed by atoms with Crippen LogP contribution in [0.25, 0.3) is 0 Å². The number of fused-ring (bicyclic) bond motifs is 3. The first kappa shape index (κ1) is 14.5. The fraction of sp³-hybridized carbons (Fsp3) is 0.722. The molecule has 4 heteroatoms. The third-order valence-corrected chi connectivity index (χ3v) is 5.28. The Bertz CT molecular complexity index is 556. The van der Waals surface area contributed by atoms with Gasteiger partial charge in [-0.2, -0.15) is 0 Å². The van der Waals surface area contributed by atoms with E-state index in [1.807, 2.05) is 0 Å². The minimum absolute atomic E-state index is 0.536. The Balaban J connectivity index is 1.57. The van der Waals surface area contributed by atoms with E-state index in [0.29, 0.717) is 12.1 Å². The molecule has 22 heavy (non-hydrogen) atoms. The van der Waals surface area contributed by atoms with E-state index in [2.05, 4.69) is 30.1 Å². The number of rotatable bonds is 5. The maximum atomic E-state index is 5.92. The molecule has 0 bridgehead atoms. The van der Waals surface area contributed by atoms with Gasteiger partial charge in [0, 0.05) is 37.5 Å². The molecule has 0 amide bonds. The lowest BCUT2D eigenvalue weighted by Crippen LogP contribution is -2.55. The van der Waals surface area contributed by atoms with Gasteiger partial charge in [0.15, 0.2) is 0 Å². The molecule has 2 fully saturated rings. The van der Waals surface area contributed by atoms with Crippen molar-refractivity contribution in [1.82, 2.24) is 10.3 Å². The van der Waals surface area contributed by atoms with Crippen molar-refractivity contribution < 1.29 is 4.74 Å². The van der Waals surface area contributed by atoms with Crippen LogP contribution in [-0.4, -0.2) is 36.8 Å². The zero-order valence-electron chi connectivity index (χ0n) is 13.8. The quantitative estimate of drug-likeness (QED) is 0.905. The number of nitrogens with zero attached hydrogens (tertiary/aromatic N) is 2. The highest BCUT2D eigenvalue weighted by atomic mass is 16.5. The number of hydrogen-bond donors (Lipinski definition) is 1. The lowest BCUT2D eigenvalue weighted by molar-refractivity contribution is 0.110. The van der Waals surface area contributed by atoms with Crippen molar-refractivity contribution >= 4 is 5.82 Å². The Morgan fingerprint density at radius 3 is 3.00 bits per heavy atom. The molecule has 4 rings (SSSR count). The number of hydrogen-bond acceptors (Lipinski definition) is 4. The van der Waals surface area contributed by atoms with Crippen LogP contribution in [0.2, 0.25) is 0 Å². The van der Waals surface area contributed by atoms with Gasteiger partial charge >= 0.3 is 0 Å². The van der Waals surface area contributed by atoms with Gasteiger partial charge in [0.25, 0.3) is 0 Å². The highest BCUT2D eigenvalue weighted by Crippen LogP contribution is 2.35. The normalized spacial score (nSPS) is 26.9. The second kappa shape index (κ2) is 5.82. The van der Waals surface area contributed by atoms with Crippen molar-refractivity contribution in [2.75, 3.05) is 24.6 Å². The first-order valence-corrected chi connectivity index (χ1v) is 8.84. The number of piperazine rings is 1. The lowest BCUT2D eigenvalue weighted by Gasteiger charge is -2.37. The Morgan fingerprint density at radius 1 is 1.36 bits per heavy atom. The van der Waals surface area contributed by atoms with Crippen LogP contribution in [0.15, 0.2) is 6.07 Å². The molecule has 1 aromatic rings. The Kier molecular flexibility index (Phi) is 3.82. The number of anilines is 1. The lowest BCUT2D eigenvalue weighted by atomic mass is 10.1. The molecule has 1 aromatic heterocycles. The van der Waals surface area contributed by atoms with Crippen molar-refractivity contribution in [3.63, 3.8) is 0 Å². The summed E-state index contributed by atoms with van der Waals surface area (Å²) in [5.41, 5.74) is 3.95. The molecule has 4 nitrogen and oxygen atoms in total. The van der Waals surface area contributed by atoms with Gasteiger partial charge in [0.2, 0.25) is 0 Å². The second-order valence-corrected chi connectivity index (χ2v) is 7.16. The van der Waals surface area contributed by atoms with E-state index in [4.69, 9.17) is 9.72 Å². The topological polar surface area (TPSA) is 37.4 Å². The van der Waals surface area contributed by atoms with Gasteiger partial charge in [0.05, 0.1) is 6.61 Å². The fourth-order valence-electron chi connectivity index (χ4n) is 3.88. The minimum atomic E-state index is 0.536. The molecule has 2 atom stereocenters. The SMILES string of the molecule is CCc1nc2c(cc1COCC1CC1)C[C@@H]1CNC[C@@H](C)N21. The first-order chi connectivity index (χ1) is 10.8. The smallest absolute Gasteiger partial charge is 0.132 e. The van der Waals surface area contributed by atoms with Gasteiger partial charge in [-0.15, -0.1) is 0 Å². The van der Waals surface area contributed by atoms with Gasteiger partial charge in [-0.05, 0) is 55.7 Å². The van der Waals surface area contributed by atoms with E-state index in [-0.39, 0.29) is 0 Å². The maximum Gasteiger partial charge on any atom is 0.132 e. The molecule has 0 unspecified atom stereocenters. The molecule has 2 aliphatic heterocycles. The number of aryl methyl sites for hydroxylation is 1. The van der Waals surface area contributed by atoms with E-state index >= 15 is 0 Å². The van der Waals surface area contributed by atoms with E-state index in [0.717, 1.165) is 45.1 Å². The van der Waals surface area contributed by atoms with Crippen LogP contribution in [0.3, 0.4) is 0 Å². The Labute approximate surface area is 133 Å². The molecule has 0 aromatic carbocycles. The number of pyridine rings is 1. The van der Waals surface area contributed by atoms with Crippen molar-refractivity contribution in [3.8, 4) is 0 Å². The molecular formula is C18H27N3O. The fourth-order valence-corrected chi connectivity index (χ4v) is 3.88. The minimum Gasteiger partial charge on any atom is -0.376 e. The third-order valence-electron chi connectivity index (χ3n) is 5.28. The summed E-state index contributed by atoms with van der Waals surface area (Å²) in [6, 6.07) is 3.49. The number of nitrogens with one attached hydrogen (secondary N) is 1. The molecule has 0 spiro atoms. The van der Waals surface area contributed by atoms with Crippen LogP contribution in [0.4, 0.5) is 5.82 Å². The van der Waals surface area contributed by atoms with Crippen molar-refractivity contribution in [3.05, 3.63) is 22.9 Å². The standard InChI is InChI=1S/C18H27N3O/c1-3-17-15(11-22-10-13-4-5-13)6-14-7-16-9-19-8-12(2)21(16)18(14)20-17/h6,12-13,16,19H,3-5,7-11H2,1-2H3/t12-,16-/m1/s1. The third kappa shape index (κ3) is 2.63. The van der Waals surface area contributed by atoms with E-state index in [1.165, 1.54) is 35.5 Å². The van der Waals surface area contributed by atoms with Crippen LogP contribution in [0, 0.1) is 5.92 Å². The first-order valence-electron chi connectivity index (χ1n) is 8.84. The zero-order chi connectivity index (χ0) is 15.1. The Morgan fingerprint density at radius 2 is 2.23 bits per heavy atom. The van der Waals surface area contributed by atoms with Crippen LogP contribution in [0.1, 0.15) is 43.5 Å². The average Bonchev–Trinajstić information content (AvgIpc) is 3.26. The molecule has 3 heterocycles. The van der Waals surface area contributed by atoms with E-state index in [9.17, 15) is 0 Å². The average molecular weight is 301 g/mol. The van der Waals surface area contributed by atoms with Gasteiger partial charge in [0.1, 0.15) is 5.82 Å². The molecule has 0 radical (unpaired) electrons. The van der Waals surface area contributed by atoms with Crippen LogP contribution >= 0.6 is 0 Å². The summed E-state index contributed by atoms with van der Waals surface area (Å²) in [6.07, 6.45) is 4.81. The second-order valence-electron chi connectivity index (χ2n) is 7.16. The highest BCUT2D eigenvalue weighted by molar-refractivity contribution is 5.57. The summed E-state index contributed by atoms with van der Waals surface area (Å²) >= 11 is 0. The monoisotopic (exact) mass is 301 g/mol. The predicted octanol–water partition coefficient (Wildman–Crippen LogP) is 2.29. The van der Waals surface area contributed by atoms with E-state index < -0.39 is 0 Å². The molecular weight excluding hydrogens is 274 g/mol. The summed E-state index contributed by atoms with van der Waals surface area (Å²) in [5.74, 6) is 2.06. The number of aromatic nitrogens is 1. The van der Waals surface area contributed by atoms with Gasteiger partial charge < -0.3 is 15.0 Å². The van der Waals surface area contributed by atoms with Crippen molar-refractivity contribution in [1.29, 1.82) is 0 Å². The van der Waals surface area contributed by atoms with Crippen LogP contribution in [-0.2, 0) is 24.2 Å². The van der Waals surface area contributed by atoms with Gasteiger partial charge in [-0.3, -0.25) is 0 Å². The molecule has 120 valence electrons. The molecule has 1 N–H and O–H groups in total. The largest absolute Gasteiger partial charge is 0.376 e. The molecule has 1 saturated heterocycles. The summed E-state index contributed by atoms with van der Waals surface area (Å²) in [5, 5.41) is 3.54. The van der Waals surface area contributed by atoms with Gasteiger partial charge in [-0.25, -0.2) is 4.98 Å².